The monoisotopic (exact) mass is 388 g/mol. The van der Waals surface area contributed by atoms with Gasteiger partial charge in [0.25, 0.3) is 0 Å². The maximum absolute atomic E-state index is 9.72. The Kier molecular flexibility index (Phi) is 5.22. The Morgan fingerprint density at radius 1 is 1.17 bits per heavy atom. The zero-order valence-electron chi connectivity index (χ0n) is 16.9. The molecule has 2 aromatic rings. The minimum atomic E-state index is 0.580. The fourth-order valence-electron chi connectivity index (χ4n) is 5.31. The van der Waals surface area contributed by atoms with Gasteiger partial charge in [0.2, 0.25) is 0 Å². The highest BCUT2D eigenvalue weighted by Crippen LogP contribution is 2.34. The van der Waals surface area contributed by atoms with Gasteiger partial charge in [-0.05, 0) is 43.4 Å². The third-order valence-electron chi connectivity index (χ3n) is 6.74. The fraction of sp³-hybridized carbons (Fsp3) is 0.500. The molecule has 0 radical (unpaired) electrons. The summed E-state index contributed by atoms with van der Waals surface area (Å²) in [6.07, 6.45) is 4.51. The quantitative estimate of drug-likeness (QED) is 0.805. The van der Waals surface area contributed by atoms with E-state index < -0.39 is 0 Å². The summed E-state index contributed by atoms with van der Waals surface area (Å²) >= 11 is 0. The lowest BCUT2D eigenvalue weighted by Gasteiger charge is -2.47. The van der Waals surface area contributed by atoms with Crippen LogP contribution in [-0.4, -0.2) is 42.2 Å². The number of piperidine rings is 2. The zero-order chi connectivity index (χ0) is 19.6. The van der Waals surface area contributed by atoms with Gasteiger partial charge in [0.15, 0.2) is 0 Å². The van der Waals surface area contributed by atoms with Crippen molar-refractivity contribution in [3.05, 3.63) is 58.8 Å². The predicted molar refractivity (Wildman–Crippen MR) is 113 cm³/mol. The normalized spacial score (nSPS) is 24.4. The van der Waals surface area contributed by atoms with Crippen LogP contribution in [0.5, 0.6) is 0 Å². The van der Waals surface area contributed by atoms with Crippen molar-refractivity contribution >= 4 is 5.82 Å². The number of anilines is 1. The number of pyridine rings is 1. The van der Waals surface area contributed by atoms with Crippen molar-refractivity contribution in [3.8, 4) is 6.07 Å². The smallest absolute Gasteiger partial charge is 0.146 e. The number of nitrogens with zero attached hydrogens (tertiary/aromatic N) is 4. The number of ether oxygens (including phenoxy) is 1. The van der Waals surface area contributed by atoms with E-state index in [9.17, 15) is 5.26 Å². The fourth-order valence-corrected chi connectivity index (χ4v) is 5.31. The predicted octanol–water partition coefficient (Wildman–Crippen LogP) is 3.52. The molecule has 0 bridgehead atoms. The molecule has 1 aromatic carbocycles. The molecule has 3 aliphatic heterocycles. The molecule has 2 fully saturated rings. The Labute approximate surface area is 172 Å². The minimum absolute atomic E-state index is 0.580. The average molecular weight is 389 g/mol. The summed E-state index contributed by atoms with van der Waals surface area (Å²) in [5, 5.41) is 9.72. The van der Waals surface area contributed by atoms with E-state index in [-0.39, 0.29) is 0 Å². The van der Waals surface area contributed by atoms with Crippen molar-refractivity contribution in [2.45, 2.75) is 44.9 Å². The molecule has 5 nitrogen and oxygen atoms in total. The highest BCUT2D eigenvalue weighted by molar-refractivity contribution is 5.56. The van der Waals surface area contributed by atoms with E-state index in [1.807, 2.05) is 6.07 Å². The van der Waals surface area contributed by atoms with E-state index in [4.69, 9.17) is 9.72 Å². The molecule has 1 aromatic heterocycles. The molecule has 2 atom stereocenters. The summed E-state index contributed by atoms with van der Waals surface area (Å²) in [6, 6.07) is 15.9. The Morgan fingerprint density at radius 3 is 2.93 bits per heavy atom. The Balaban J connectivity index is 1.34. The van der Waals surface area contributed by atoms with Gasteiger partial charge in [0.1, 0.15) is 11.9 Å². The lowest BCUT2D eigenvalue weighted by atomic mass is 9.83. The molecule has 0 spiro atoms. The zero-order valence-corrected chi connectivity index (χ0v) is 16.9. The second kappa shape index (κ2) is 8.14. The first-order valence-electron chi connectivity index (χ1n) is 10.9. The van der Waals surface area contributed by atoms with Gasteiger partial charge in [-0.2, -0.15) is 5.26 Å². The number of hydrogen-bond donors (Lipinski definition) is 0. The van der Waals surface area contributed by atoms with Crippen molar-refractivity contribution in [1.82, 2.24) is 9.88 Å². The highest BCUT2D eigenvalue weighted by Gasteiger charge is 2.37. The van der Waals surface area contributed by atoms with Crippen LogP contribution in [0.2, 0.25) is 0 Å². The Bertz CT molecular complexity index is 907. The van der Waals surface area contributed by atoms with E-state index in [1.54, 1.807) is 0 Å². The van der Waals surface area contributed by atoms with Gasteiger partial charge < -0.3 is 9.64 Å². The van der Waals surface area contributed by atoms with Crippen LogP contribution in [0.4, 0.5) is 5.82 Å². The lowest BCUT2D eigenvalue weighted by molar-refractivity contribution is 0.0700. The van der Waals surface area contributed by atoms with E-state index in [1.165, 1.54) is 24.9 Å². The maximum Gasteiger partial charge on any atom is 0.146 e. The standard InChI is InChI=1S/C24H28N4O/c25-14-20-13-21-17-29-12-9-22(21)26-24(20)28-11-8-23-19(16-28)7-4-10-27(23)15-18-5-2-1-3-6-18/h1-3,5-6,13,19,23H,4,7-12,15-17H2. The van der Waals surface area contributed by atoms with E-state index in [0.29, 0.717) is 24.1 Å². The second-order valence-electron chi connectivity index (χ2n) is 8.54. The topological polar surface area (TPSA) is 52.4 Å². The van der Waals surface area contributed by atoms with Gasteiger partial charge in [0.05, 0.1) is 24.5 Å². The molecule has 0 aliphatic carbocycles. The summed E-state index contributed by atoms with van der Waals surface area (Å²) in [7, 11) is 0. The number of rotatable bonds is 3. The molecular formula is C24H28N4O. The van der Waals surface area contributed by atoms with Gasteiger partial charge >= 0.3 is 0 Å². The van der Waals surface area contributed by atoms with Crippen LogP contribution in [0, 0.1) is 17.2 Å². The second-order valence-corrected chi connectivity index (χ2v) is 8.54. The van der Waals surface area contributed by atoms with E-state index >= 15 is 0 Å². The number of aromatic nitrogens is 1. The van der Waals surface area contributed by atoms with Gasteiger partial charge in [-0.3, -0.25) is 4.90 Å². The van der Waals surface area contributed by atoms with Crippen molar-refractivity contribution in [3.63, 3.8) is 0 Å². The third kappa shape index (κ3) is 3.75. The molecule has 0 amide bonds. The minimum Gasteiger partial charge on any atom is -0.376 e. The van der Waals surface area contributed by atoms with Crippen molar-refractivity contribution in [2.24, 2.45) is 5.92 Å². The maximum atomic E-state index is 9.72. The average Bonchev–Trinajstić information content (AvgIpc) is 2.78. The molecule has 2 unspecified atom stereocenters. The molecule has 5 rings (SSSR count). The molecule has 0 saturated carbocycles. The molecule has 3 aliphatic rings. The molecule has 4 heterocycles. The summed E-state index contributed by atoms with van der Waals surface area (Å²) in [4.78, 5) is 10.0. The number of benzene rings is 1. The van der Waals surface area contributed by atoms with Gasteiger partial charge in [-0.1, -0.05) is 30.3 Å². The molecule has 5 heteroatoms. The summed E-state index contributed by atoms with van der Waals surface area (Å²) in [5.41, 5.74) is 4.30. The van der Waals surface area contributed by atoms with Crippen LogP contribution in [0.1, 0.15) is 41.6 Å². The molecule has 2 saturated heterocycles. The molecule has 29 heavy (non-hydrogen) atoms. The summed E-state index contributed by atoms with van der Waals surface area (Å²) in [6.45, 7) is 5.52. The first-order valence-corrected chi connectivity index (χ1v) is 10.9. The number of fused-ring (bicyclic) bond motifs is 2. The van der Waals surface area contributed by atoms with Crippen LogP contribution >= 0.6 is 0 Å². The van der Waals surface area contributed by atoms with Gasteiger partial charge in [0, 0.05) is 37.7 Å². The summed E-state index contributed by atoms with van der Waals surface area (Å²) < 4.78 is 5.54. The van der Waals surface area contributed by atoms with Crippen LogP contribution in [0.15, 0.2) is 36.4 Å². The van der Waals surface area contributed by atoms with Crippen molar-refractivity contribution < 1.29 is 4.74 Å². The van der Waals surface area contributed by atoms with Crippen molar-refractivity contribution in [2.75, 3.05) is 31.1 Å². The lowest BCUT2D eigenvalue weighted by Crippen LogP contribution is -2.54. The van der Waals surface area contributed by atoms with Crippen LogP contribution in [0.25, 0.3) is 0 Å². The van der Waals surface area contributed by atoms with Crippen LogP contribution < -0.4 is 4.90 Å². The van der Waals surface area contributed by atoms with Crippen molar-refractivity contribution in [1.29, 1.82) is 5.26 Å². The molecule has 150 valence electrons. The van der Waals surface area contributed by atoms with E-state index in [0.717, 1.165) is 56.2 Å². The molecular weight excluding hydrogens is 360 g/mol. The SMILES string of the molecule is N#Cc1cc2c(nc1N1CCC3C(CCCN3Cc3ccccc3)C1)CCOC2. The largest absolute Gasteiger partial charge is 0.376 e. The third-order valence-corrected chi connectivity index (χ3v) is 6.74. The highest BCUT2D eigenvalue weighted by atomic mass is 16.5. The Morgan fingerprint density at radius 2 is 2.07 bits per heavy atom. The number of hydrogen-bond acceptors (Lipinski definition) is 5. The first kappa shape index (κ1) is 18.6. The summed E-state index contributed by atoms with van der Waals surface area (Å²) in [5.74, 6) is 1.54. The van der Waals surface area contributed by atoms with Gasteiger partial charge in [-0.15, -0.1) is 0 Å². The first-order chi connectivity index (χ1) is 14.3. The van der Waals surface area contributed by atoms with E-state index in [2.05, 4.69) is 46.2 Å². The molecule has 0 N–H and O–H groups in total. The number of likely N-dealkylation sites (tertiary alicyclic amines) is 1. The van der Waals surface area contributed by atoms with Crippen LogP contribution in [0.3, 0.4) is 0 Å². The van der Waals surface area contributed by atoms with Gasteiger partial charge in [-0.25, -0.2) is 4.98 Å². The Hall–Kier alpha value is -2.42. The van der Waals surface area contributed by atoms with Crippen LogP contribution in [-0.2, 0) is 24.3 Å². The number of nitriles is 1.